The lowest BCUT2D eigenvalue weighted by Crippen LogP contribution is -2.11. The summed E-state index contributed by atoms with van der Waals surface area (Å²) in [7, 11) is 0. The molecule has 2 rings (SSSR count). The van der Waals surface area contributed by atoms with E-state index in [2.05, 4.69) is 71.9 Å². The molecule has 148 valence electrons. The van der Waals surface area contributed by atoms with Crippen molar-refractivity contribution in [2.24, 2.45) is 0 Å². The molecule has 0 aliphatic heterocycles. The summed E-state index contributed by atoms with van der Waals surface area (Å²) >= 11 is 0. The van der Waals surface area contributed by atoms with Crippen molar-refractivity contribution in [1.29, 1.82) is 0 Å². The Morgan fingerprint density at radius 3 is 1.93 bits per heavy atom. The third-order valence-corrected chi connectivity index (χ3v) is 5.57. The van der Waals surface area contributed by atoms with Gasteiger partial charge in [-0.15, -0.1) is 0 Å². The Hall–Kier alpha value is -1.60. The highest BCUT2D eigenvalue weighted by Gasteiger charge is 2.24. The monoisotopic (exact) mass is 366 g/mol. The van der Waals surface area contributed by atoms with Crippen molar-refractivity contribution in [2.45, 2.75) is 92.1 Å². The second-order valence-corrected chi connectivity index (χ2v) is 8.63. The van der Waals surface area contributed by atoms with E-state index >= 15 is 0 Å². The fraction of sp³-hybridized carbons (Fsp3) is 0.538. The molecule has 2 aromatic carbocycles. The van der Waals surface area contributed by atoms with Crippen LogP contribution in [0.4, 0.5) is 0 Å². The summed E-state index contributed by atoms with van der Waals surface area (Å²) in [6.07, 6.45) is 4.30. The van der Waals surface area contributed by atoms with Crippen molar-refractivity contribution < 1.29 is 5.11 Å². The number of aryl methyl sites for hydroxylation is 1. The van der Waals surface area contributed by atoms with E-state index in [4.69, 9.17) is 0 Å². The number of aliphatic hydroxyl groups excluding tert-OH is 1. The molecule has 2 aromatic rings. The Morgan fingerprint density at radius 1 is 0.852 bits per heavy atom. The number of benzene rings is 2. The van der Waals surface area contributed by atoms with E-state index in [-0.39, 0.29) is 0 Å². The first kappa shape index (κ1) is 21.7. The maximum absolute atomic E-state index is 10.8. The van der Waals surface area contributed by atoms with Gasteiger partial charge in [0, 0.05) is 0 Å². The predicted octanol–water partition coefficient (Wildman–Crippen LogP) is 7.69. The van der Waals surface area contributed by atoms with Crippen LogP contribution in [0.15, 0.2) is 30.3 Å². The molecule has 0 bridgehead atoms. The van der Waals surface area contributed by atoms with E-state index in [1.807, 2.05) is 6.92 Å². The van der Waals surface area contributed by atoms with Crippen molar-refractivity contribution in [3.8, 4) is 11.1 Å². The SMILES string of the molecule is CCCCCc1c(C(C)C)cc(C(C)C)c(C(C)O)c1-c1ccc(C)cc1. The van der Waals surface area contributed by atoms with Crippen LogP contribution in [0.25, 0.3) is 11.1 Å². The van der Waals surface area contributed by atoms with Gasteiger partial charge in [0.25, 0.3) is 0 Å². The van der Waals surface area contributed by atoms with Gasteiger partial charge in [0.2, 0.25) is 0 Å². The maximum Gasteiger partial charge on any atom is 0.0770 e. The number of hydrogen-bond acceptors (Lipinski definition) is 1. The highest BCUT2D eigenvalue weighted by atomic mass is 16.3. The molecule has 0 radical (unpaired) electrons. The van der Waals surface area contributed by atoms with Crippen molar-refractivity contribution in [3.63, 3.8) is 0 Å². The molecule has 0 spiro atoms. The summed E-state index contributed by atoms with van der Waals surface area (Å²) in [5.41, 5.74) is 9.13. The summed E-state index contributed by atoms with van der Waals surface area (Å²) in [5.74, 6) is 0.868. The first-order valence-corrected chi connectivity index (χ1v) is 10.7. The zero-order valence-corrected chi connectivity index (χ0v) is 18.4. The molecule has 0 amide bonds. The van der Waals surface area contributed by atoms with Crippen molar-refractivity contribution in [2.75, 3.05) is 0 Å². The first-order valence-electron chi connectivity index (χ1n) is 10.7. The zero-order valence-electron chi connectivity index (χ0n) is 18.4. The minimum absolute atomic E-state index is 0.390. The lowest BCUT2D eigenvalue weighted by atomic mass is 9.78. The van der Waals surface area contributed by atoms with Crippen LogP contribution in [0, 0.1) is 6.92 Å². The molecule has 1 unspecified atom stereocenters. The molecule has 0 aliphatic carbocycles. The number of aliphatic hydroxyl groups is 1. The first-order chi connectivity index (χ1) is 12.8. The van der Waals surface area contributed by atoms with E-state index in [0.717, 1.165) is 12.0 Å². The van der Waals surface area contributed by atoms with E-state index in [9.17, 15) is 5.11 Å². The molecule has 0 saturated heterocycles. The van der Waals surface area contributed by atoms with Crippen LogP contribution in [0.5, 0.6) is 0 Å². The van der Waals surface area contributed by atoms with Gasteiger partial charge < -0.3 is 5.11 Å². The van der Waals surface area contributed by atoms with Crippen LogP contribution in [0.3, 0.4) is 0 Å². The third-order valence-electron chi connectivity index (χ3n) is 5.57. The number of rotatable bonds is 8. The van der Waals surface area contributed by atoms with Crippen LogP contribution in [0.1, 0.15) is 107 Å². The molecule has 0 heterocycles. The Balaban J connectivity index is 2.84. The lowest BCUT2D eigenvalue weighted by Gasteiger charge is -2.27. The molecule has 1 heteroatoms. The number of unbranched alkanes of at least 4 members (excludes halogenated alkanes) is 2. The van der Waals surface area contributed by atoms with Crippen LogP contribution >= 0.6 is 0 Å². The van der Waals surface area contributed by atoms with Crippen molar-refractivity contribution in [3.05, 3.63) is 58.1 Å². The van der Waals surface area contributed by atoms with Gasteiger partial charge >= 0.3 is 0 Å². The molecule has 27 heavy (non-hydrogen) atoms. The van der Waals surface area contributed by atoms with Gasteiger partial charge in [0.15, 0.2) is 0 Å². The summed E-state index contributed by atoms with van der Waals surface area (Å²) < 4.78 is 0. The van der Waals surface area contributed by atoms with Crippen LogP contribution in [-0.4, -0.2) is 5.11 Å². The molecule has 1 N–H and O–H groups in total. The van der Waals surface area contributed by atoms with Gasteiger partial charge in [-0.25, -0.2) is 0 Å². The second kappa shape index (κ2) is 9.55. The third kappa shape index (κ3) is 5.02. The molecule has 1 atom stereocenters. The van der Waals surface area contributed by atoms with E-state index in [1.54, 1.807) is 0 Å². The van der Waals surface area contributed by atoms with Crippen molar-refractivity contribution >= 4 is 0 Å². The Kier molecular flexibility index (Phi) is 7.68. The fourth-order valence-electron chi connectivity index (χ4n) is 4.10. The second-order valence-electron chi connectivity index (χ2n) is 8.63. The minimum Gasteiger partial charge on any atom is -0.389 e. The molecular formula is C26H38O. The van der Waals surface area contributed by atoms with Gasteiger partial charge in [-0.2, -0.15) is 0 Å². The summed E-state index contributed by atoms with van der Waals surface area (Å²) in [4.78, 5) is 0. The normalized spacial score (nSPS) is 12.8. The molecule has 0 saturated carbocycles. The molecule has 1 nitrogen and oxygen atoms in total. The fourth-order valence-corrected chi connectivity index (χ4v) is 4.10. The van der Waals surface area contributed by atoms with Crippen LogP contribution in [0.2, 0.25) is 0 Å². The van der Waals surface area contributed by atoms with E-state index in [0.29, 0.717) is 11.8 Å². The standard InChI is InChI=1S/C26H38O/c1-8-9-10-11-22-23(17(2)3)16-24(18(4)5)25(20(7)27)26(22)21-14-12-19(6)13-15-21/h12-18,20,27H,8-11H2,1-7H3. The van der Waals surface area contributed by atoms with Gasteiger partial charge in [-0.3, -0.25) is 0 Å². The largest absolute Gasteiger partial charge is 0.389 e. The van der Waals surface area contributed by atoms with E-state index in [1.165, 1.54) is 52.6 Å². The smallest absolute Gasteiger partial charge is 0.0770 e. The summed E-state index contributed by atoms with van der Waals surface area (Å²) in [5, 5.41) is 10.8. The van der Waals surface area contributed by atoms with Crippen LogP contribution in [-0.2, 0) is 6.42 Å². The molecule has 0 aliphatic rings. The predicted molar refractivity (Wildman–Crippen MR) is 119 cm³/mol. The quantitative estimate of drug-likeness (QED) is 0.475. The average molecular weight is 367 g/mol. The highest BCUT2D eigenvalue weighted by molar-refractivity contribution is 5.75. The number of hydrogen-bond donors (Lipinski definition) is 1. The maximum atomic E-state index is 10.8. The Morgan fingerprint density at radius 2 is 1.44 bits per heavy atom. The van der Waals surface area contributed by atoms with Gasteiger partial charge in [-0.1, -0.05) is 83.4 Å². The summed E-state index contributed by atoms with van der Waals surface area (Å²) in [6, 6.07) is 11.2. The van der Waals surface area contributed by atoms with Gasteiger partial charge in [0.1, 0.15) is 0 Å². The topological polar surface area (TPSA) is 20.2 Å². The van der Waals surface area contributed by atoms with Gasteiger partial charge in [0.05, 0.1) is 6.10 Å². The van der Waals surface area contributed by atoms with Crippen LogP contribution < -0.4 is 0 Å². The Labute approximate surface area is 166 Å². The van der Waals surface area contributed by atoms with E-state index < -0.39 is 6.10 Å². The molecule has 0 aromatic heterocycles. The van der Waals surface area contributed by atoms with Crippen molar-refractivity contribution in [1.82, 2.24) is 0 Å². The van der Waals surface area contributed by atoms with Gasteiger partial charge in [-0.05, 0) is 71.9 Å². The molecular weight excluding hydrogens is 328 g/mol. The average Bonchev–Trinajstić information content (AvgIpc) is 2.61. The summed E-state index contributed by atoms with van der Waals surface area (Å²) in [6.45, 7) is 15.4. The lowest BCUT2D eigenvalue weighted by molar-refractivity contribution is 0.198. The highest BCUT2D eigenvalue weighted by Crippen LogP contribution is 2.41. The minimum atomic E-state index is -0.468. The zero-order chi connectivity index (χ0) is 20.1. The molecule has 0 fully saturated rings. The Bertz CT molecular complexity index is 736.